The summed E-state index contributed by atoms with van der Waals surface area (Å²) < 4.78 is 1.07. The number of aromatic nitrogens is 1. The molecular formula is C8H7BrN2O4. The Labute approximate surface area is 92.8 Å². The SMILES string of the molecule is CC(=O)Cn1cc([N+](=O)[O-])cc(Br)c1=O. The summed E-state index contributed by atoms with van der Waals surface area (Å²) in [5.41, 5.74) is -0.696. The van der Waals surface area contributed by atoms with Crippen LogP contribution in [0.1, 0.15) is 6.92 Å². The number of carbonyl (C=O) groups excluding carboxylic acids is 1. The molecule has 1 heterocycles. The first-order chi connectivity index (χ1) is 6.91. The van der Waals surface area contributed by atoms with E-state index < -0.39 is 10.5 Å². The first-order valence-electron chi connectivity index (χ1n) is 3.95. The van der Waals surface area contributed by atoms with Crippen molar-refractivity contribution in [1.82, 2.24) is 4.57 Å². The zero-order valence-corrected chi connectivity index (χ0v) is 9.35. The number of halogens is 1. The zero-order valence-electron chi connectivity index (χ0n) is 7.77. The van der Waals surface area contributed by atoms with Crippen LogP contribution in [-0.2, 0) is 11.3 Å². The molecule has 0 amide bonds. The number of rotatable bonds is 3. The molecule has 0 bridgehead atoms. The average molecular weight is 275 g/mol. The molecule has 0 aliphatic heterocycles. The number of hydrogen-bond donors (Lipinski definition) is 0. The number of carbonyl (C=O) groups is 1. The van der Waals surface area contributed by atoms with Crippen LogP contribution in [0.3, 0.4) is 0 Å². The number of nitrogens with zero attached hydrogens (tertiary/aromatic N) is 2. The summed E-state index contributed by atoms with van der Waals surface area (Å²) >= 11 is 2.91. The Bertz CT molecular complexity index is 480. The standard InChI is InChI=1S/C8H7BrN2O4/c1-5(12)3-10-4-6(11(14)15)2-7(9)8(10)13/h2,4H,3H2,1H3. The van der Waals surface area contributed by atoms with Gasteiger partial charge in [0.25, 0.3) is 11.2 Å². The van der Waals surface area contributed by atoms with E-state index in [-0.39, 0.29) is 22.5 Å². The van der Waals surface area contributed by atoms with Gasteiger partial charge in [0.15, 0.2) is 0 Å². The van der Waals surface area contributed by atoms with E-state index in [0.717, 1.165) is 16.8 Å². The molecular weight excluding hydrogens is 268 g/mol. The summed E-state index contributed by atoms with van der Waals surface area (Å²) in [6, 6.07) is 1.11. The third-order valence-electron chi connectivity index (χ3n) is 1.63. The summed E-state index contributed by atoms with van der Waals surface area (Å²) in [7, 11) is 0. The highest BCUT2D eigenvalue weighted by molar-refractivity contribution is 9.10. The lowest BCUT2D eigenvalue weighted by Crippen LogP contribution is -2.23. The molecule has 1 aromatic rings. The van der Waals surface area contributed by atoms with E-state index in [1.807, 2.05) is 0 Å². The Morgan fingerprint density at radius 2 is 2.27 bits per heavy atom. The number of ketones is 1. The molecule has 1 rings (SSSR count). The number of pyridine rings is 1. The maximum absolute atomic E-state index is 11.4. The molecule has 0 fully saturated rings. The van der Waals surface area contributed by atoms with Gasteiger partial charge in [-0.2, -0.15) is 0 Å². The van der Waals surface area contributed by atoms with Crippen LogP contribution in [0.4, 0.5) is 5.69 Å². The minimum absolute atomic E-state index is 0.0675. The predicted molar refractivity (Wildman–Crippen MR) is 55.7 cm³/mol. The molecule has 6 nitrogen and oxygen atoms in total. The van der Waals surface area contributed by atoms with Crippen LogP contribution in [0.2, 0.25) is 0 Å². The summed E-state index contributed by atoms with van der Waals surface area (Å²) in [6.45, 7) is 1.14. The van der Waals surface area contributed by atoms with Gasteiger partial charge in [-0.05, 0) is 22.9 Å². The normalized spacial score (nSPS) is 10.0. The molecule has 0 radical (unpaired) electrons. The van der Waals surface area contributed by atoms with Crippen LogP contribution in [0.15, 0.2) is 21.5 Å². The van der Waals surface area contributed by atoms with Crippen LogP contribution in [0.25, 0.3) is 0 Å². The molecule has 80 valence electrons. The second kappa shape index (κ2) is 4.35. The van der Waals surface area contributed by atoms with Gasteiger partial charge in [0.05, 0.1) is 22.1 Å². The van der Waals surface area contributed by atoms with E-state index in [1.165, 1.54) is 6.92 Å². The minimum Gasteiger partial charge on any atom is -0.300 e. The molecule has 0 unspecified atom stereocenters. The van der Waals surface area contributed by atoms with Crippen molar-refractivity contribution >= 4 is 27.4 Å². The fourth-order valence-corrected chi connectivity index (χ4v) is 1.50. The molecule has 0 aromatic carbocycles. The van der Waals surface area contributed by atoms with Crippen LogP contribution >= 0.6 is 15.9 Å². The minimum atomic E-state index is -0.624. The van der Waals surface area contributed by atoms with Crippen molar-refractivity contribution in [2.45, 2.75) is 13.5 Å². The van der Waals surface area contributed by atoms with Crippen LogP contribution in [-0.4, -0.2) is 15.3 Å². The van der Waals surface area contributed by atoms with Crippen molar-refractivity contribution < 1.29 is 9.72 Å². The molecule has 0 atom stereocenters. The second-order valence-corrected chi connectivity index (χ2v) is 3.79. The fourth-order valence-electron chi connectivity index (χ4n) is 1.04. The largest absolute Gasteiger partial charge is 0.300 e. The van der Waals surface area contributed by atoms with Crippen molar-refractivity contribution in [3.8, 4) is 0 Å². The topological polar surface area (TPSA) is 82.2 Å². The maximum atomic E-state index is 11.4. The maximum Gasteiger partial charge on any atom is 0.286 e. The Balaban J connectivity index is 3.31. The summed E-state index contributed by atoms with van der Waals surface area (Å²) in [4.78, 5) is 32.1. The molecule has 0 N–H and O–H groups in total. The first kappa shape index (κ1) is 11.6. The molecule has 0 spiro atoms. The number of hydrogen-bond acceptors (Lipinski definition) is 4. The number of Topliss-reactive ketones (excluding diaryl/α,β-unsaturated/α-hetero) is 1. The van der Waals surface area contributed by atoms with Gasteiger partial charge >= 0.3 is 0 Å². The van der Waals surface area contributed by atoms with Gasteiger partial charge in [-0.15, -0.1) is 0 Å². The van der Waals surface area contributed by atoms with E-state index in [4.69, 9.17) is 0 Å². The Kier molecular flexibility index (Phi) is 3.35. The van der Waals surface area contributed by atoms with Gasteiger partial charge in [0.2, 0.25) is 0 Å². The quantitative estimate of drug-likeness (QED) is 0.611. The van der Waals surface area contributed by atoms with Crippen LogP contribution in [0, 0.1) is 10.1 Å². The predicted octanol–water partition coefficient (Wildman–Crippen LogP) is 1.11. The third-order valence-corrected chi connectivity index (χ3v) is 2.20. The van der Waals surface area contributed by atoms with E-state index in [1.54, 1.807) is 0 Å². The smallest absolute Gasteiger partial charge is 0.286 e. The van der Waals surface area contributed by atoms with Crippen molar-refractivity contribution in [3.05, 3.63) is 37.2 Å². The van der Waals surface area contributed by atoms with E-state index in [2.05, 4.69) is 15.9 Å². The summed E-state index contributed by atoms with van der Waals surface area (Å²) in [5, 5.41) is 10.5. The Morgan fingerprint density at radius 3 is 2.73 bits per heavy atom. The molecule has 0 saturated carbocycles. The monoisotopic (exact) mass is 274 g/mol. The highest BCUT2D eigenvalue weighted by Gasteiger charge is 2.12. The lowest BCUT2D eigenvalue weighted by atomic mass is 10.4. The first-order valence-corrected chi connectivity index (χ1v) is 4.75. The van der Waals surface area contributed by atoms with Gasteiger partial charge in [-0.25, -0.2) is 0 Å². The zero-order chi connectivity index (χ0) is 11.6. The van der Waals surface area contributed by atoms with Gasteiger partial charge in [-0.3, -0.25) is 19.7 Å². The van der Waals surface area contributed by atoms with Crippen LogP contribution < -0.4 is 5.56 Å². The van der Waals surface area contributed by atoms with Crippen molar-refractivity contribution in [2.24, 2.45) is 0 Å². The average Bonchev–Trinajstić information content (AvgIpc) is 2.11. The third kappa shape index (κ3) is 2.72. The molecule has 7 heteroatoms. The molecule has 0 saturated heterocycles. The lowest BCUT2D eigenvalue weighted by molar-refractivity contribution is -0.385. The fraction of sp³-hybridized carbons (Fsp3) is 0.250. The Morgan fingerprint density at radius 1 is 1.67 bits per heavy atom. The van der Waals surface area contributed by atoms with Gasteiger partial charge in [0.1, 0.15) is 5.78 Å². The van der Waals surface area contributed by atoms with Crippen LogP contribution in [0.5, 0.6) is 0 Å². The second-order valence-electron chi connectivity index (χ2n) is 2.94. The molecule has 1 aromatic heterocycles. The van der Waals surface area contributed by atoms with E-state index >= 15 is 0 Å². The molecule has 0 aliphatic carbocycles. The molecule has 15 heavy (non-hydrogen) atoms. The molecule has 0 aliphatic rings. The Hall–Kier alpha value is -1.50. The van der Waals surface area contributed by atoms with E-state index in [0.29, 0.717) is 0 Å². The van der Waals surface area contributed by atoms with Gasteiger partial charge in [-0.1, -0.05) is 0 Å². The lowest BCUT2D eigenvalue weighted by Gasteiger charge is -2.02. The van der Waals surface area contributed by atoms with E-state index in [9.17, 15) is 19.7 Å². The number of nitro groups is 1. The van der Waals surface area contributed by atoms with Crippen molar-refractivity contribution in [2.75, 3.05) is 0 Å². The van der Waals surface area contributed by atoms with Crippen molar-refractivity contribution in [1.29, 1.82) is 0 Å². The van der Waals surface area contributed by atoms with Gasteiger partial charge in [0, 0.05) is 6.07 Å². The van der Waals surface area contributed by atoms with Crippen molar-refractivity contribution in [3.63, 3.8) is 0 Å². The summed E-state index contributed by atoms with van der Waals surface area (Å²) in [6.07, 6.45) is 1.05. The highest BCUT2D eigenvalue weighted by atomic mass is 79.9. The highest BCUT2D eigenvalue weighted by Crippen LogP contribution is 2.13. The summed E-state index contributed by atoms with van der Waals surface area (Å²) in [5.74, 6) is -0.246. The van der Waals surface area contributed by atoms with Gasteiger partial charge < -0.3 is 4.57 Å².